The highest BCUT2D eigenvalue weighted by Gasteiger charge is 2.48. The fourth-order valence-corrected chi connectivity index (χ4v) is 10.5. The zero-order valence-corrected chi connectivity index (χ0v) is 35.8. The van der Waals surface area contributed by atoms with Crippen molar-refractivity contribution in [2.75, 3.05) is 71.9 Å². The summed E-state index contributed by atoms with van der Waals surface area (Å²) in [4.78, 5) is 4.57. The van der Waals surface area contributed by atoms with Crippen LogP contribution in [0.1, 0.15) is 54.5 Å². The van der Waals surface area contributed by atoms with Crippen molar-refractivity contribution in [1.29, 1.82) is 0 Å². The van der Waals surface area contributed by atoms with E-state index in [1.54, 1.807) is 26.0 Å². The van der Waals surface area contributed by atoms with E-state index < -0.39 is 11.0 Å². The fraction of sp³-hybridized carbons (Fsp3) is 0.308. The van der Waals surface area contributed by atoms with Gasteiger partial charge >= 0.3 is 0 Å². The van der Waals surface area contributed by atoms with E-state index in [-0.39, 0.29) is 0 Å². The number of nitrogens with zero attached hydrogens (tertiary/aromatic N) is 1. The zero-order valence-electron chi connectivity index (χ0n) is 35.0. The molecule has 0 radical (unpaired) electrons. The lowest BCUT2D eigenvalue weighted by Crippen LogP contribution is -2.37. The molecule has 308 valence electrons. The van der Waals surface area contributed by atoms with Crippen molar-refractivity contribution in [3.8, 4) is 28.4 Å². The number of ether oxygens (including phenoxy) is 6. The van der Waals surface area contributed by atoms with E-state index in [0.717, 1.165) is 93.6 Å². The molecule has 9 rings (SSSR count). The summed E-state index contributed by atoms with van der Waals surface area (Å²) < 4.78 is 37.7. The summed E-state index contributed by atoms with van der Waals surface area (Å²) in [6.07, 6.45) is 6.21. The minimum Gasteiger partial charge on any atom is -0.497 e. The molecule has 1 aliphatic carbocycles. The van der Waals surface area contributed by atoms with Gasteiger partial charge in [0.05, 0.1) is 32.3 Å². The molecule has 2 heterocycles. The quantitative estimate of drug-likeness (QED) is 0.0950. The summed E-state index contributed by atoms with van der Waals surface area (Å²) in [7, 11) is 3.46. The summed E-state index contributed by atoms with van der Waals surface area (Å²) in [6.45, 7) is 9.89. The van der Waals surface area contributed by atoms with Crippen LogP contribution in [0.15, 0.2) is 131 Å². The second-order valence-electron chi connectivity index (χ2n) is 15.5. The van der Waals surface area contributed by atoms with E-state index >= 15 is 0 Å². The monoisotopic (exact) mass is 819 g/mol. The smallest absolute Gasteiger partial charge is 0.178 e. The van der Waals surface area contributed by atoms with Gasteiger partial charge in [-0.1, -0.05) is 84.6 Å². The van der Waals surface area contributed by atoms with E-state index in [4.69, 9.17) is 28.4 Å². The van der Waals surface area contributed by atoms with Crippen LogP contribution in [0, 0.1) is 0 Å². The molecule has 0 spiro atoms. The lowest BCUT2D eigenvalue weighted by molar-refractivity contribution is 0.105. The SMILES string of the molecule is CCOCCC1(CCOCC)c2ccccc2-c2c1c1c(c3cc(OC)c(Sc4ccccc4)cc23)OC(c2ccc(OC)cc2)(c2ccc(N3CCOCC3)cc2)C=C1. The molecule has 1 unspecified atom stereocenters. The Labute approximate surface area is 358 Å². The standard InChI is InChI=1S/C52H53NO6S/c1-5-56-30-26-51(27-31-57-6-2)45-15-11-10-14-41(45)48-43-35-47(60-40-12-8-7-9-13-40)46(55-4)34-44(43)50-42(49(48)51)24-25-52(59-50,37-18-22-39(54-3)23-19-37)36-16-20-38(21-17-36)53-28-32-58-33-29-53/h7-25,34-35H,5-6,26-33H2,1-4H3. The molecule has 0 aromatic heterocycles. The third kappa shape index (κ3) is 7.13. The number of rotatable bonds is 15. The highest BCUT2D eigenvalue weighted by molar-refractivity contribution is 7.99. The van der Waals surface area contributed by atoms with Gasteiger partial charge in [-0.2, -0.15) is 0 Å². The molecule has 60 heavy (non-hydrogen) atoms. The Morgan fingerprint density at radius 3 is 2.05 bits per heavy atom. The molecule has 0 amide bonds. The molecule has 7 nitrogen and oxygen atoms in total. The molecule has 2 aliphatic heterocycles. The van der Waals surface area contributed by atoms with Gasteiger partial charge in [0.15, 0.2) is 5.60 Å². The van der Waals surface area contributed by atoms with Crippen molar-refractivity contribution in [3.05, 3.63) is 149 Å². The van der Waals surface area contributed by atoms with Crippen molar-refractivity contribution in [1.82, 2.24) is 0 Å². The molecule has 0 bridgehead atoms. The molecule has 0 N–H and O–H groups in total. The summed E-state index contributed by atoms with van der Waals surface area (Å²) in [5.74, 6) is 2.42. The first-order valence-electron chi connectivity index (χ1n) is 21.2. The fourth-order valence-electron chi connectivity index (χ4n) is 9.51. The topological polar surface area (TPSA) is 58.6 Å². The molecule has 6 aromatic carbocycles. The lowest BCUT2D eigenvalue weighted by atomic mass is 9.70. The Bertz CT molecular complexity index is 2470. The normalized spacial score (nSPS) is 17.5. The van der Waals surface area contributed by atoms with Gasteiger partial charge in [0.2, 0.25) is 0 Å². The molecular weight excluding hydrogens is 767 g/mol. The molecule has 0 saturated carbocycles. The van der Waals surface area contributed by atoms with Crippen LogP contribution in [0.25, 0.3) is 28.0 Å². The third-order valence-electron chi connectivity index (χ3n) is 12.4. The van der Waals surface area contributed by atoms with Gasteiger partial charge in [0, 0.05) is 77.6 Å². The molecule has 1 fully saturated rings. The minimum absolute atomic E-state index is 0.394. The zero-order chi connectivity index (χ0) is 41.1. The maximum absolute atomic E-state index is 7.80. The van der Waals surface area contributed by atoms with Gasteiger partial charge in [-0.25, -0.2) is 0 Å². The van der Waals surface area contributed by atoms with Crippen LogP contribution < -0.4 is 19.1 Å². The highest BCUT2D eigenvalue weighted by atomic mass is 32.2. The second kappa shape index (κ2) is 17.4. The van der Waals surface area contributed by atoms with Crippen LogP contribution in [0.3, 0.4) is 0 Å². The minimum atomic E-state index is -0.959. The van der Waals surface area contributed by atoms with Crippen molar-refractivity contribution >= 4 is 34.3 Å². The maximum atomic E-state index is 7.80. The first-order chi connectivity index (χ1) is 29.5. The van der Waals surface area contributed by atoms with Gasteiger partial charge in [0.25, 0.3) is 0 Å². The Kier molecular flexibility index (Phi) is 11.6. The molecule has 1 atom stereocenters. The van der Waals surface area contributed by atoms with Crippen LogP contribution >= 0.6 is 11.8 Å². The Balaban J connectivity index is 1.32. The molecule has 3 aliphatic rings. The first kappa shape index (κ1) is 40.2. The summed E-state index contributed by atoms with van der Waals surface area (Å²) in [5.41, 5.74) is 8.01. The third-order valence-corrected chi connectivity index (χ3v) is 13.5. The van der Waals surface area contributed by atoms with Gasteiger partial charge in [-0.05, 0) is 109 Å². The van der Waals surface area contributed by atoms with E-state index in [9.17, 15) is 0 Å². The van der Waals surface area contributed by atoms with Crippen LogP contribution in [0.5, 0.6) is 17.2 Å². The Morgan fingerprint density at radius 1 is 0.717 bits per heavy atom. The molecular formula is C52H53NO6S. The van der Waals surface area contributed by atoms with Crippen LogP contribution in [0.4, 0.5) is 5.69 Å². The summed E-state index contributed by atoms with van der Waals surface area (Å²) in [5, 5.41) is 2.14. The number of anilines is 1. The summed E-state index contributed by atoms with van der Waals surface area (Å²) >= 11 is 1.72. The highest BCUT2D eigenvalue weighted by Crippen LogP contribution is 2.61. The second-order valence-corrected chi connectivity index (χ2v) is 16.6. The number of benzene rings is 6. The average molecular weight is 820 g/mol. The Hall–Kier alpha value is -5.25. The van der Waals surface area contributed by atoms with E-state index in [1.165, 1.54) is 27.9 Å². The average Bonchev–Trinajstić information content (AvgIpc) is 3.59. The van der Waals surface area contributed by atoms with Crippen molar-refractivity contribution in [2.24, 2.45) is 0 Å². The van der Waals surface area contributed by atoms with Crippen LogP contribution in [-0.2, 0) is 25.2 Å². The number of hydrogen-bond donors (Lipinski definition) is 0. The van der Waals surface area contributed by atoms with Crippen LogP contribution in [0.2, 0.25) is 0 Å². The van der Waals surface area contributed by atoms with Gasteiger partial charge in [-0.15, -0.1) is 0 Å². The predicted molar refractivity (Wildman–Crippen MR) is 242 cm³/mol. The van der Waals surface area contributed by atoms with Crippen molar-refractivity contribution in [3.63, 3.8) is 0 Å². The number of hydrogen-bond acceptors (Lipinski definition) is 8. The summed E-state index contributed by atoms with van der Waals surface area (Å²) in [6, 6.07) is 41.2. The van der Waals surface area contributed by atoms with Gasteiger partial charge in [-0.3, -0.25) is 0 Å². The Morgan fingerprint density at radius 2 is 1.38 bits per heavy atom. The largest absolute Gasteiger partial charge is 0.497 e. The first-order valence-corrected chi connectivity index (χ1v) is 22.0. The number of methoxy groups -OCH3 is 2. The molecule has 8 heteroatoms. The molecule has 6 aromatic rings. The van der Waals surface area contributed by atoms with E-state index in [1.807, 2.05) is 12.1 Å². The maximum Gasteiger partial charge on any atom is 0.178 e. The van der Waals surface area contributed by atoms with Gasteiger partial charge < -0.3 is 33.3 Å². The van der Waals surface area contributed by atoms with Crippen molar-refractivity contribution < 1.29 is 28.4 Å². The van der Waals surface area contributed by atoms with Gasteiger partial charge in [0.1, 0.15) is 17.2 Å². The van der Waals surface area contributed by atoms with E-state index in [2.05, 4.69) is 134 Å². The number of morpholine rings is 1. The van der Waals surface area contributed by atoms with Crippen LogP contribution in [-0.4, -0.2) is 67.0 Å². The van der Waals surface area contributed by atoms with Crippen molar-refractivity contribution in [2.45, 2.75) is 47.5 Å². The van der Waals surface area contributed by atoms with E-state index in [0.29, 0.717) is 26.4 Å². The molecule has 1 saturated heterocycles. The lowest BCUT2D eigenvalue weighted by Gasteiger charge is -2.40. The predicted octanol–water partition coefficient (Wildman–Crippen LogP) is 11.3. The number of fused-ring (bicyclic) bond motifs is 8.